The van der Waals surface area contributed by atoms with Gasteiger partial charge in [-0.2, -0.15) is 0 Å². The monoisotopic (exact) mass is 271 g/mol. The van der Waals surface area contributed by atoms with Gasteiger partial charge in [-0.3, -0.25) is 4.79 Å². The highest BCUT2D eigenvalue weighted by atomic mass is 16.4. The van der Waals surface area contributed by atoms with Gasteiger partial charge in [0.25, 0.3) is 5.91 Å². The van der Waals surface area contributed by atoms with Crippen LogP contribution in [0, 0.1) is 0 Å². The highest BCUT2D eigenvalue weighted by Gasteiger charge is 2.24. The van der Waals surface area contributed by atoms with Crippen LogP contribution in [-0.4, -0.2) is 23.5 Å². The molecule has 20 heavy (non-hydrogen) atoms. The summed E-state index contributed by atoms with van der Waals surface area (Å²) in [6.07, 6.45) is 8.30. The normalized spacial score (nSPS) is 14.8. The quantitative estimate of drug-likeness (QED) is 0.679. The van der Waals surface area contributed by atoms with Gasteiger partial charge in [0.2, 0.25) is 0 Å². The van der Waals surface area contributed by atoms with Gasteiger partial charge in [0.15, 0.2) is 0 Å². The van der Waals surface area contributed by atoms with Gasteiger partial charge in [0, 0.05) is 18.3 Å². The van der Waals surface area contributed by atoms with Crippen LogP contribution in [0.4, 0.5) is 5.69 Å². The second-order valence-corrected chi connectivity index (χ2v) is 4.59. The fraction of sp³-hybridized carbons (Fsp3) is 0.250. The Kier molecular flexibility index (Phi) is 4.35. The Bertz CT molecular complexity index is 587. The highest BCUT2D eigenvalue weighted by Crippen LogP contribution is 2.30. The van der Waals surface area contributed by atoms with Gasteiger partial charge in [-0.1, -0.05) is 24.3 Å². The average Bonchev–Trinajstić information content (AvgIpc) is 2.46. The van der Waals surface area contributed by atoms with Gasteiger partial charge in [0.1, 0.15) is 0 Å². The zero-order valence-corrected chi connectivity index (χ0v) is 11.4. The van der Waals surface area contributed by atoms with Gasteiger partial charge in [-0.25, -0.2) is 4.79 Å². The predicted octanol–water partition coefficient (Wildman–Crippen LogP) is 2.80. The minimum Gasteiger partial charge on any atom is -0.478 e. The summed E-state index contributed by atoms with van der Waals surface area (Å²) in [5, 5.41) is 9.21. The van der Waals surface area contributed by atoms with E-state index in [0.29, 0.717) is 18.7 Å². The first-order chi connectivity index (χ1) is 9.65. The van der Waals surface area contributed by atoms with Crippen molar-refractivity contribution < 1.29 is 14.7 Å². The first kappa shape index (κ1) is 14.1. The fourth-order valence-electron chi connectivity index (χ4n) is 2.39. The van der Waals surface area contributed by atoms with E-state index in [1.165, 1.54) is 6.08 Å². The first-order valence-electron chi connectivity index (χ1n) is 6.61. The van der Waals surface area contributed by atoms with Crippen molar-refractivity contribution in [3.05, 3.63) is 53.6 Å². The van der Waals surface area contributed by atoms with Crippen molar-refractivity contribution in [2.24, 2.45) is 0 Å². The number of allylic oxidation sites excluding steroid dienone is 3. The lowest BCUT2D eigenvalue weighted by Crippen LogP contribution is -2.34. The predicted molar refractivity (Wildman–Crippen MR) is 78.0 cm³/mol. The lowest BCUT2D eigenvalue weighted by molar-refractivity contribution is -0.114. The molecular formula is C16H17NO3. The van der Waals surface area contributed by atoms with Crippen LogP contribution < -0.4 is 4.90 Å². The van der Waals surface area contributed by atoms with Crippen molar-refractivity contribution >= 4 is 17.6 Å². The summed E-state index contributed by atoms with van der Waals surface area (Å²) < 4.78 is 0. The number of amides is 1. The number of carboxylic acid groups (broad SMARTS) is 1. The molecule has 0 aromatic heterocycles. The van der Waals surface area contributed by atoms with E-state index in [4.69, 9.17) is 0 Å². The number of benzene rings is 1. The Hall–Kier alpha value is -2.36. The van der Waals surface area contributed by atoms with Gasteiger partial charge in [0.05, 0.1) is 5.56 Å². The van der Waals surface area contributed by atoms with E-state index < -0.39 is 5.97 Å². The number of carbonyl (C=O) groups is 2. The molecule has 0 saturated carbocycles. The molecule has 104 valence electrons. The third-order valence-electron chi connectivity index (χ3n) is 3.29. The van der Waals surface area contributed by atoms with Crippen LogP contribution in [0.3, 0.4) is 0 Å². The van der Waals surface area contributed by atoms with E-state index in [9.17, 15) is 14.7 Å². The molecule has 1 amide bonds. The molecule has 1 N–H and O–H groups in total. The molecule has 0 fully saturated rings. The molecule has 0 atom stereocenters. The maximum atomic E-state index is 12.2. The van der Waals surface area contributed by atoms with Crippen molar-refractivity contribution in [1.82, 2.24) is 0 Å². The van der Waals surface area contributed by atoms with Gasteiger partial charge in [-0.05, 0) is 37.5 Å². The third-order valence-corrected chi connectivity index (χ3v) is 3.29. The maximum absolute atomic E-state index is 12.2. The van der Waals surface area contributed by atoms with Crippen molar-refractivity contribution in [3.63, 3.8) is 0 Å². The molecule has 4 nitrogen and oxygen atoms in total. The SMILES string of the molecule is C/C=C/C=C/C(=O)N1CCCc2c(C(=O)O)cccc21. The zero-order chi connectivity index (χ0) is 14.5. The molecule has 0 saturated heterocycles. The molecule has 0 bridgehead atoms. The number of aromatic carboxylic acids is 1. The largest absolute Gasteiger partial charge is 0.478 e. The highest BCUT2D eigenvalue weighted by molar-refractivity contribution is 6.03. The second kappa shape index (κ2) is 6.19. The Morgan fingerprint density at radius 3 is 2.80 bits per heavy atom. The molecule has 0 unspecified atom stereocenters. The minimum atomic E-state index is -0.944. The van der Waals surface area contributed by atoms with Crippen LogP contribution in [0.25, 0.3) is 0 Å². The van der Waals surface area contributed by atoms with E-state index in [-0.39, 0.29) is 11.5 Å². The summed E-state index contributed by atoms with van der Waals surface area (Å²) in [5.74, 6) is -1.06. The molecule has 2 rings (SSSR count). The lowest BCUT2D eigenvalue weighted by Gasteiger charge is -2.29. The van der Waals surface area contributed by atoms with Crippen LogP contribution in [-0.2, 0) is 11.2 Å². The Morgan fingerprint density at radius 2 is 2.10 bits per heavy atom. The Balaban J connectivity index is 2.36. The molecule has 0 spiro atoms. The number of hydrogen-bond donors (Lipinski definition) is 1. The molecule has 1 heterocycles. The molecule has 1 aliphatic heterocycles. The van der Waals surface area contributed by atoms with Gasteiger partial charge in [-0.15, -0.1) is 0 Å². The van der Waals surface area contributed by atoms with Crippen molar-refractivity contribution in [2.45, 2.75) is 19.8 Å². The lowest BCUT2D eigenvalue weighted by atomic mass is 9.96. The number of fused-ring (bicyclic) bond motifs is 1. The Labute approximate surface area is 118 Å². The standard InChI is InChI=1S/C16H17NO3/c1-2-3-4-10-15(18)17-11-6-8-12-13(16(19)20)7-5-9-14(12)17/h2-5,7,9-10H,6,8,11H2,1H3,(H,19,20)/b3-2+,10-4+. The minimum absolute atomic E-state index is 0.119. The van der Waals surface area contributed by atoms with Crippen molar-refractivity contribution in [3.8, 4) is 0 Å². The summed E-state index contributed by atoms with van der Waals surface area (Å²) in [4.78, 5) is 25.1. The average molecular weight is 271 g/mol. The van der Waals surface area contributed by atoms with Crippen LogP contribution in [0.5, 0.6) is 0 Å². The van der Waals surface area contributed by atoms with Crippen molar-refractivity contribution in [1.29, 1.82) is 0 Å². The molecule has 1 aromatic rings. The van der Waals surface area contributed by atoms with E-state index in [1.54, 1.807) is 29.2 Å². The molecule has 0 radical (unpaired) electrons. The van der Waals surface area contributed by atoms with E-state index in [0.717, 1.165) is 12.0 Å². The number of anilines is 1. The number of nitrogens with zero attached hydrogens (tertiary/aromatic N) is 1. The topological polar surface area (TPSA) is 57.6 Å². The summed E-state index contributed by atoms with van der Waals surface area (Å²) in [6.45, 7) is 2.50. The fourth-order valence-corrected chi connectivity index (χ4v) is 2.39. The van der Waals surface area contributed by atoms with Crippen LogP contribution in [0.15, 0.2) is 42.5 Å². The zero-order valence-electron chi connectivity index (χ0n) is 11.4. The molecule has 0 aliphatic carbocycles. The van der Waals surface area contributed by atoms with Crippen LogP contribution in [0.1, 0.15) is 29.3 Å². The number of rotatable bonds is 3. The first-order valence-corrected chi connectivity index (χ1v) is 6.61. The number of hydrogen-bond acceptors (Lipinski definition) is 2. The smallest absolute Gasteiger partial charge is 0.336 e. The van der Waals surface area contributed by atoms with Gasteiger partial charge < -0.3 is 10.0 Å². The summed E-state index contributed by atoms with van der Waals surface area (Å²) in [7, 11) is 0. The van der Waals surface area contributed by atoms with Crippen molar-refractivity contribution in [2.75, 3.05) is 11.4 Å². The maximum Gasteiger partial charge on any atom is 0.336 e. The van der Waals surface area contributed by atoms with Crippen LogP contribution >= 0.6 is 0 Å². The van der Waals surface area contributed by atoms with E-state index in [2.05, 4.69) is 0 Å². The van der Waals surface area contributed by atoms with E-state index >= 15 is 0 Å². The number of carbonyl (C=O) groups excluding carboxylic acids is 1. The Morgan fingerprint density at radius 1 is 1.30 bits per heavy atom. The molecule has 4 heteroatoms. The number of carboxylic acids is 1. The van der Waals surface area contributed by atoms with Crippen LogP contribution in [0.2, 0.25) is 0 Å². The molecular weight excluding hydrogens is 254 g/mol. The summed E-state index contributed by atoms with van der Waals surface area (Å²) in [6, 6.07) is 5.08. The second-order valence-electron chi connectivity index (χ2n) is 4.59. The third kappa shape index (κ3) is 2.79. The van der Waals surface area contributed by atoms with Gasteiger partial charge >= 0.3 is 5.97 Å². The summed E-state index contributed by atoms with van der Waals surface area (Å²) >= 11 is 0. The molecule has 1 aliphatic rings. The summed E-state index contributed by atoms with van der Waals surface area (Å²) in [5.41, 5.74) is 1.75. The molecule has 1 aromatic carbocycles. The van der Waals surface area contributed by atoms with E-state index in [1.807, 2.05) is 19.1 Å².